The Morgan fingerprint density at radius 2 is 1.97 bits per heavy atom. The maximum Gasteiger partial charge on any atom is 0.294 e. The van der Waals surface area contributed by atoms with E-state index in [9.17, 15) is 14.4 Å². The van der Waals surface area contributed by atoms with E-state index in [0.717, 1.165) is 51.5 Å². The maximum absolute atomic E-state index is 12.7. The van der Waals surface area contributed by atoms with Crippen molar-refractivity contribution in [1.29, 1.82) is 0 Å². The van der Waals surface area contributed by atoms with Gasteiger partial charge in [-0.2, -0.15) is 0 Å². The first kappa shape index (κ1) is 21.7. The van der Waals surface area contributed by atoms with Crippen LogP contribution >= 0.6 is 34.4 Å². The van der Waals surface area contributed by atoms with Crippen molar-refractivity contribution in [2.75, 3.05) is 26.2 Å². The zero-order valence-electron chi connectivity index (χ0n) is 15.9. The summed E-state index contributed by atoms with van der Waals surface area (Å²) < 4.78 is 6.28. The number of benzene rings is 1. The van der Waals surface area contributed by atoms with Crippen LogP contribution in [0, 0.1) is 15.9 Å². The Morgan fingerprint density at radius 3 is 2.62 bits per heavy atom. The van der Waals surface area contributed by atoms with Gasteiger partial charge in [0.25, 0.3) is 11.1 Å². The van der Waals surface area contributed by atoms with Crippen LogP contribution < -0.4 is 4.74 Å². The van der Waals surface area contributed by atoms with Gasteiger partial charge in [0.2, 0.25) is 5.91 Å². The van der Waals surface area contributed by atoms with Crippen LogP contribution in [-0.2, 0) is 9.59 Å². The summed E-state index contributed by atoms with van der Waals surface area (Å²) >= 11 is 2.99. The Balaban J connectivity index is 1.69. The molecule has 0 aliphatic carbocycles. The molecule has 2 aliphatic rings. The number of ether oxygens (including phenoxy) is 1. The van der Waals surface area contributed by atoms with Gasteiger partial charge in [-0.15, -0.1) is 6.42 Å². The summed E-state index contributed by atoms with van der Waals surface area (Å²) in [5, 5.41) is -0.409. The zero-order valence-corrected chi connectivity index (χ0v) is 18.8. The zero-order chi connectivity index (χ0) is 20.8. The molecule has 3 rings (SSSR count). The lowest BCUT2D eigenvalue weighted by Gasteiger charge is -2.22. The van der Waals surface area contributed by atoms with Gasteiger partial charge in [-0.3, -0.25) is 19.3 Å². The summed E-state index contributed by atoms with van der Waals surface area (Å²) in [5.74, 6) is 2.49. The highest BCUT2D eigenvalue weighted by Crippen LogP contribution is 2.33. The summed E-state index contributed by atoms with van der Waals surface area (Å²) in [7, 11) is 0. The Bertz CT molecular complexity index is 885. The fraction of sp³-hybridized carbons (Fsp3) is 0.381. The van der Waals surface area contributed by atoms with Crippen molar-refractivity contribution in [2.24, 2.45) is 0 Å². The van der Waals surface area contributed by atoms with Gasteiger partial charge in [-0.05, 0) is 71.0 Å². The van der Waals surface area contributed by atoms with E-state index < -0.39 is 11.1 Å². The quantitative estimate of drug-likeness (QED) is 0.334. The lowest BCUT2D eigenvalue weighted by atomic mass is 10.2. The first-order chi connectivity index (χ1) is 14.0. The third-order valence-electron chi connectivity index (χ3n) is 4.69. The SMILES string of the molecule is C#CCOc1ccc(C=C2SC(=O)N(CC(=O)N3CCCCCC3)C2=O)cc1I. The third kappa shape index (κ3) is 5.54. The van der Waals surface area contributed by atoms with Crippen molar-refractivity contribution < 1.29 is 19.1 Å². The van der Waals surface area contributed by atoms with Crippen LogP contribution in [0.25, 0.3) is 6.08 Å². The van der Waals surface area contributed by atoms with Crippen molar-refractivity contribution in [2.45, 2.75) is 25.7 Å². The molecule has 2 aliphatic heterocycles. The topological polar surface area (TPSA) is 66.9 Å². The van der Waals surface area contributed by atoms with Crippen LogP contribution in [0.2, 0.25) is 0 Å². The molecule has 29 heavy (non-hydrogen) atoms. The van der Waals surface area contributed by atoms with Crippen LogP contribution in [-0.4, -0.2) is 53.1 Å². The molecular formula is C21H21IN2O4S. The van der Waals surface area contributed by atoms with Crippen LogP contribution in [0.15, 0.2) is 23.1 Å². The van der Waals surface area contributed by atoms with Crippen LogP contribution in [0.1, 0.15) is 31.2 Å². The molecule has 0 aromatic heterocycles. The number of halogens is 1. The summed E-state index contributed by atoms with van der Waals surface area (Å²) in [6.07, 6.45) is 11.0. The summed E-state index contributed by atoms with van der Waals surface area (Å²) in [5.41, 5.74) is 0.770. The molecule has 0 N–H and O–H groups in total. The molecule has 0 unspecified atom stereocenters. The summed E-state index contributed by atoms with van der Waals surface area (Å²) in [6, 6.07) is 5.42. The smallest absolute Gasteiger partial charge is 0.294 e. The Hall–Kier alpha value is -1.99. The number of terminal acetylenes is 1. The lowest BCUT2D eigenvalue weighted by Crippen LogP contribution is -2.42. The van der Waals surface area contributed by atoms with Gasteiger partial charge in [0.15, 0.2) is 0 Å². The first-order valence-electron chi connectivity index (χ1n) is 9.38. The number of nitrogens with zero attached hydrogens (tertiary/aromatic N) is 2. The molecule has 8 heteroatoms. The number of carbonyl (C=O) groups is 3. The summed E-state index contributed by atoms with van der Waals surface area (Å²) in [4.78, 5) is 40.7. The van der Waals surface area contributed by atoms with E-state index in [1.54, 1.807) is 23.1 Å². The Morgan fingerprint density at radius 1 is 1.24 bits per heavy atom. The van der Waals surface area contributed by atoms with E-state index in [-0.39, 0.29) is 19.1 Å². The highest BCUT2D eigenvalue weighted by atomic mass is 127. The number of hydrogen-bond acceptors (Lipinski definition) is 5. The normalized spacial score (nSPS) is 18.7. The van der Waals surface area contributed by atoms with Crippen LogP contribution in [0.4, 0.5) is 4.79 Å². The second kappa shape index (κ2) is 10.2. The fourth-order valence-corrected chi connectivity index (χ4v) is 4.72. The Labute approximate surface area is 188 Å². The highest BCUT2D eigenvalue weighted by molar-refractivity contribution is 14.1. The highest BCUT2D eigenvalue weighted by Gasteiger charge is 2.37. The average molecular weight is 524 g/mol. The van der Waals surface area contributed by atoms with E-state index in [0.29, 0.717) is 23.7 Å². The predicted molar refractivity (Wildman–Crippen MR) is 121 cm³/mol. The second-order valence-electron chi connectivity index (χ2n) is 6.75. The maximum atomic E-state index is 12.7. The van der Waals surface area contributed by atoms with Crippen molar-refractivity contribution in [3.63, 3.8) is 0 Å². The van der Waals surface area contributed by atoms with Crippen molar-refractivity contribution >= 4 is 57.5 Å². The van der Waals surface area contributed by atoms with E-state index in [4.69, 9.17) is 11.2 Å². The molecule has 2 fully saturated rings. The molecule has 3 amide bonds. The number of likely N-dealkylation sites (tertiary alicyclic amines) is 1. The monoisotopic (exact) mass is 524 g/mol. The van der Waals surface area contributed by atoms with Gasteiger partial charge in [0, 0.05) is 13.1 Å². The van der Waals surface area contributed by atoms with Gasteiger partial charge in [0.05, 0.1) is 8.48 Å². The van der Waals surface area contributed by atoms with Gasteiger partial charge < -0.3 is 9.64 Å². The van der Waals surface area contributed by atoms with Crippen molar-refractivity contribution in [3.05, 3.63) is 32.2 Å². The van der Waals surface area contributed by atoms with Crippen molar-refractivity contribution in [3.8, 4) is 18.1 Å². The molecule has 0 atom stereocenters. The minimum atomic E-state index is -0.425. The molecule has 0 radical (unpaired) electrons. The number of rotatable bonds is 5. The number of hydrogen-bond donors (Lipinski definition) is 0. The van der Waals surface area contributed by atoms with Crippen molar-refractivity contribution in [1.82, 2.24) is 9.80 Å². The molecule has 2 saturated heterocycles. The predicted octanol–water partition coefficient (Wildman–Crippen LogP) is 3.74. The standard InChI is InChI=1S/C21H21IN2O4S/c1-2-11-28-17-8-7-15(12-16(17)22)13-18-20(26)24(21(27)29-18)14-19(25)23-9-5-3-4-6-10-23/h1,7-8,12-13H,3-6,9-11,14H2. The average Bonchev–Trinajstić information content (AvgIpc) is 2.89. The summed E-state index contributed by atoms with van der Waals surface area (Å²) in [6.45, 7) is 1.37. The second-order valence-corrected chi connectivity index (χ2v) is 8.90. The minimum Gasteiger partial charge on any atom is -0.480 e. The Kier molecular flexibility index (Phi) is 7.61. The molecule has 0 bridgehead atoms. The van der Waals surface area contributed by atoms with Crippen LogP contribution in [0.3, 0.4) is 0 Å². The van der Waals surface area contributed by atoms with Crippen LogP contribution in [0.5, 0.6) is 5.75 Å². The van der Waals surface area contributed by atoms with E-state index >= 15 is 0 Å². The molecule has 0 spiro atoms. The molecule has 152 valence electrons. The van der Waals surface area contributed by atoms with Gasteiger partial charge in [0.1, 0.15) is 18.9 Å². The first-order valence-corrected chi connectivity index (χ1v) is 11.3. The third-order valence-corrected chi connectivity index (χ3v) is 6.44. The number of thioether (sulfide) groups is 1. The molecule has 6 nitrogen and oxygen atoms in total. The molecule has 1 aromatic carbocycles. The molecule has 0 saturated carbocycles. The molecule has 2 heterocycles. The van der Waals surface area contributed by atoms with E-state index in [1.807, 2.05) is 6.07 Å². The largest absolute Gasteiger partial charge is 0.480 e. The van der Waals surface area contributed by atoms with E-state index in [2.05, 4.69) is 28.5 Å². The molecule has 1 aromatic rings. The van der Waals surface area contributed by atoms with Gasteiger partial charge in [-0.25, -0.2) is 0 Å². The van der Waals surface area contributed by atoms with Gasteiger partial charge in [-0.1, -0.05) is 24.8 Å². The molecular weight excluding hydrogens is 503 g/mol. The minimum absolute atomic E-state index is 0.167. The number of carbonyl (C=O) groups excluding carboxylic acids is 3. The van der Waals surface area contributed by atoms with E-state index in [1.165, 1.54) is 0 Å². The number of imide groups is 1. The van der Waals surface area contributed by atoms with Gasteiger partial charge >= 0.3 is 0 Å². The lowest BCUT2D eigenvalue weighted by molar-refractivity contribution is -0.135. The fourth-order valence-electron chi connectivity index (χ4n) is 3.19. The number of amides is 3.